The standard InChI is InChI=1S/C14H21F2NO2/c1-10(17-9-14(2,3)18-4)11-6-5-7-12(8-11)19-13(15)16/h5-8,10,13,17H,9H2,1-4H3. The van der Waals surface area contributed by atoms with Crippen LogP contribution in [-0.2, 0) is 4.74 Å². The van der Waals surface area contributed by atoms with E-state index >= 15 is 0 Å². The number of nitrogens with one attached hydrogen (secondary N) is 1. The lowest BCUT2D eigenvalue weighted by molar-refractivity contribution is -0.0499. The summed E-state index contributed by atoms with van der Waals surface area (Å²) in [4.78, 5) is 0. The van der Waals surface area contributed by atoms with Gasteiger partial charge < -0.3 is 14.8 Å². The maximum absolute atomic E-state index is 12.1. The summed E-state index contributed by atoms with van der Waals surface area (Å²) in [5.74, 6) is 0.173. The fraction of sp³-hybridized carbons (Fsp3) is 0.571. The summed E-state index contributed by atoms with van der Waals surface area (Å²) < 4.78 is 34.0. The fourth-order valence-electron chi connectivity index (χ4n) is 1.55. The molecule has 0 radical (unpaired) electrons. The highest BCUT2D eigenvalue weighted by atomic mass is 19.3. The van der Waals surface area contributed by atoms with Gasteiger partial charge in [0.1, 0.15) is 5.75 Å². The van der Waals surface area contributed by atoms with Gasteiger partial charge in [-0.2, -0.15) is 8.78 Å². The van der Waals surface area contributed by atoms with Crippen molar-refractivity contribution in [3.05, 3.63) is 29.8 Å². The Morgan fingerprint density at radius 3 is 2.58 bits per heavy atom. The number of rotatable bonds is 7. The third kappa shape index (κ3) is 5.53. The quantitative estimate of drug-likeness (QED) is 0.826. The summed E-state index contributed by atoms with van der Waals surface area (Å²) in [6, 6.07) is 6.73. The van der Waals surface area contributed by atoms with E-state index in [1.807, 2.05) is 26.8 Å². The Balaban J connectivity index is 2.64. The van der Waals surface area contributed by atoms with Crippen molar-refractivity contribution in [2.45, 2.75) is 39.0 Å². The molecule has 0 spiro atoms. The second-order valence-corrected chi connectivity index (χ2v) is 5.02. The van der Waals surface area contributed by atoms with Crippen LogP contribution in [0.15, 0.2) is 24.3 Å². The van der Waals surface area contributed by atoms with E-state index in [9.17, 15) is 8.78 Å². The minimum Gasteiger partial charge on any atom is -0.435 e. The molecular formula is C14H21F2NO2. The molecule has 1 aromatic rings. The Morgan fingerprint density at radius 2 is 2.00 bits per heavy atom. The summed E-state index contributed by atoms with van der Waals surface area (Å²) in [5.41, 5.74) is 0.621. The van der Waals surface area contributed by atoms with Crippen LogP contribution in [0.1, 0.15) is 32.4 Å². The number of benzene rings is 1. The maximum atomic E-state index is 12.1. The van der Waals surface area contributed by atoms with Gasteiger partial charge in [-0.15, -0.1) is 0 Å². The van der Waals surface area contributed by atoms with Crippen molar-refractivity contribution in [3.63, 3.8) is 0 Å². The maximum Gasteiger partial charge on any atom is 0.387 e. The largest absolute Gasteiger partial charge is 0.435 e. The summed E-state index contributed by atoms with van der Waals surface area (Å²) in [7, 11) is 1.66. The molecule has 0 fully saturated rings. The van der Waals surface area contributed by atoms with Gasteiger partial charge >= 0.3 is 6.61 Å². The van der Waals surface area contributed by atoms with E-state index in [0.717, 1.165) is 5.56 Å². The van der Waals surface area contributed by atoms with E-state index in [4.69, 9.17) is 4.74 Å². The average Bonchev–Trinajstić information content (AvgIpc) is 2.35. The number of hydrogen-bond acceptors (Lipinski definition) is 3. The molecular weight excluding hydrogens is 252 g/mol. The third-order valence-electron chi connectivity index (χ3n) is 2.97. The molecule has 1 aromatic carbocycles. The highest BCUT2D eigenvalue weighted by Crippen LogP contribution is 2.21. The molecule has 0 saturated heterocycles. The zero-order valence-electron chi connectivity index (χ0n) is 11.7. The van der Waals surface area contributed by atoms with E-state index in [1.165, 1.54) is 6.07 Å². The van der Waals surface area contributed by atoms with Crippen molar-refractivity contribution < 1.29 is 18.3 Å². The summed E-state index contributed by atoms with van der Waals surface area (Å²) >= 11 is 0. The second kappa shape index (κ2) is 6.82. The zero-order valence-corrected chi connectivity index (χ0v) is 11.7. The molecule has 0 heterocycles. The van der Waals surface area contributed by atoms with Gasteiger partial charge in [-0.3, -0.25) is 0 Å². The lowest BCUT2D eigenvalue weighted by atomic mass is 10.1. The molecule has 0 saturated carbocycles. The molecule has 108 valence electrons. The molecule has 3 nitrogen and oxygen atoms in total. The van der Waals surface area contributed by atoms with Crippen molar-refractivity contribution in [3.8, 4) is 5.75 Å². The molecule has 19 heavy (non-hydrogen) atoms. The summed E-state index contributed by atoms with van der Waals surface area (Å²) in [6.45, 7) is 3.77. The van der Waals surface area contributed by atoms with Gasteiger partial charge in [0.25, 0.3) is 0 Å². The Labute approximate surface area is 112 Å². The van der Waals surface area contributed by atoms with E-state index in [1.54, 1.807) is 19.2 Å². The van der Waals surface area contributed by atoms with Crippen molar-refractivity contribution in [2.75, 3.05) is 13.7 Å². The van der Waals surface area contributed by atoms with Crippen LogP contribution in [0.5, 0.6) is 5.75 Å². The van der Waals surface area contributed by atoms with Crippen LogP contribution in [0.3, 0.4) is 0 Å². The van der Waals surface area contributed by atoms with Crippen molar-refractivity contribution in [1.82, 2.24) is 5.32 Å². The van der Waals surface area contributed by atoms with Gasteiger partial charge in [0, 0.05) is 19.7 Å². The molecule has 1 N–H and O–H groups in total. The number of hydrogen-bond donors (Lipinski definition) is 1. The van der Waals surface area contributed by atoms with Crippen molar-refractivity contribution in [2.24, 2.45) is 0 Å². The Morgan fingerprint density at radius 1 is 1.32 bits per heavy atom. The molecule has 0 aliphatic rings. The van der Waals surface area contributed by atoms with Crippen LogP contribution in [0.2, 0.25) is 0 Å². The smallest absolute Gasteiger partial charge is 0.387 e. The fourth-order valence-corrected chi connectivity index (χ4v) is 1.55. The van der Waals surface area contributed by atoms with Gasteiger partial charge in [-0.05, 0) is 38.5 Å². The highest BCUT2D eigenvalue weighted by Gasteiger charge is 2.17. The number of methoxy groups -OCH3 is 1. The van der Waals surface area contributed by atoms with Crippen LogP contribution in [0.4, 0.5) is 8.78 Å². The Bertz CT molecular complexity index is 397. The Hall–Kier alpha value is -1.20. The first-order valence-electron chi connectivity index (χ1n) is 6.17. The van der Waals surface area contributed by atoms with E-state index < -0.39 is 6.61 Å². The highest BCUT2D eigenvalue weighted by molar-refractivity contribution is 5.30. The first kappa shape index (κ1) is 15.9. The molecule has 1 unspecified atom stereocenters. The van der Waals surface area contributed by atoms with Crippen LogP contribution in [0, 0.1) is 0 Å². The van der Waals surface area contributed by atoms with Gasteiger partial charge in [0.2, 0.25) is 0 Å². The molecule has 0 amide bonds. The normalized spacial score (nSPS) is 13.6. The molecule has 0 bridgehead atoms. The van der Waals surface area contributed by atoms with E-state index in [2.05, 4.69) is 10.1 Å². The molecule has 5 heteroatoms. The SMILES string of the molecule is COC(C)(C)CNC(C)c1cccc(OC(F)F)c1. The van der Waals surface area contributed by atoms with Gasteiger partial charge in [-0.25, -0.2) is 0 Å². The minimum atomic E-state index is -2.80. The topological polar surface area (TPSA) is 30.5 Å². The zero-order chi connectivity index (χ0) is 14.5. The molecule has 1 rings (SSSR count). The van der Waals surface area contributed by atoms with Crippen molar-refractivity contribution in [1.29, 1.82) is 0 Å². The molecule has 1 atom stereocenters. The molecule has 0 aliphatic carbocycles. The number of alkyl halides is 2. The van der Waals surface area contributed by atoms with Gasteiger partial charge in [0.15, 0.2) is 0 Å². The van der Waals surface area contributed by atoms with Gasteiger partial charge in [-0.1, -0.05) is 12.1 Å². The molecule has 0 aromatic heterocycles. The van der Waals surface area contributed by atoms with Crippen LogP contribution >= 0.6 is 0 Å². The summed E-state index contributed by atoms with van der Waals surface area (Å²) in [6.07, 6.45) is 0. The predicted molar refractivity (Wildman–Crippen MR) is 70.6 cm³/mol. The lowest BCUT2D eigenvalue weighted by Gasteiger charge is -2.26. The van der Waals surface area contributed by atoms with Gasteiger partial charge in [0.05, 0.1) is 5.60 Å². The molecule has 0 aliphatic heterocycles. The summed E-state index contributed by atoms with van der Waals surface area (Å²) in [5, 5.41) is 3.30. The first-order chi connectivity index (χ1) is 8.84. The van der Waals surface area contributed by atoms with Crippen LogP contribution in [0.25, 0.3) is 0 Å². The van der Waals surface area contributed by atoms with Crippen LogP contribution in [-0.4, -0.2) is 25.9 Å². The third-order valence-corrected chi connectivity index (χ3v) is 2.97. The number of ether oxygens (including phenoxy) is 2. The second-order valence-electron chi connectivity index (χ2n) is 5.02. The minimum absolute atomic E-state index is 0.0237. The first-order valence-corrected chi connectivity index (χ1v) is 6.17. The van der Waals surface area contributed by atoms with Crippen LogP contribution < -0.4 is 10.1 Å². The predicted octanol–water partition coefficient (Wildman–Crippen LogP) is 3.36. The van der Waals surface area contributed by atoms with E-state index in [-0.39, 0.29) is 17.4 Å². The van der Waals surface area contributed by atoms with E-state index in [0.29, 0.717) is 6.54 Å². The van der Waals surface area contributed by atoms with Crippen molar-refractivity contribution >= 4 is 0 Å². The lowest BCUT2D eigenvalue weighted by Crippen LogP contribution is -2.37. The monoisotopic (exact) mass is 273 g/mol. The Kier molecular flexibility index (Phi) is 5.69. The number of halogens is 2. The average molecular weight is 273 g/mol.